The van der Waals surface area contributed by atoms with Crippen LogP contribution in [0.2, 0.25) is 0 Å². The second kappa shape index (κ2) is 6.19. The highest BCUT2D eigenvalue weighted by molar-refractivity contribution is 7.89. The molecule has 0 saturated carbocycles. The Morgan fingerprint density at radius 2 is 1.90 bits per heavy atom. The highest BCUT2D eigenvalue weighted by Crippen LogP contribution is 2.21. The van der Waals surface area contributed by atoms with Crippen LogP contribution in [0.3, 0.4) is 0 Å². The number of sulfonamides is 1. The molecule has 0 aromatic heterocycles. The van der Waals surface area contributed by atoms with Crippen molar-refractivity contribution in [1.82, 2.24) is 4.72 Å². The summed E-state index contributed by atoms with van der Waals surface area (Å²) >= 11 is 0. The van der Waals surface area contributed by atoms with Crippen LogP contribution in [0.5, 0.6) is 0 Å². The largest absolute Gasteiger partial charge is 0.326 e. The molecule has 0 spiro atoms. The summed E-state index contributed by atoms with van der Waals surface area (Å²) in [5, 5.41) is 2.82. The highest BCUT2D eigenvalue weighted by atomic mass is 32.2. The van der Waals surface area contributed by atoms with Gasteiger partial charge in [-0.3, -0.25) is 4.79 Å². The van der Waals surface area contributed by atoms with E-state index in [0.717, 1.165) is 19.3 Å². The van der Waals surface area contributed by atoms with Crippen molar-refractivity contribution in [3.8, 4) is 0 Å². The van der Waals surface area contributed by atoms with Crippen LogP contribution in [-0.2, 0) is 14.8 Å². The monoisotopic (exact) mass is 294 g/mol. The first kappa shape index (κ1) is 14.7. The first-order chi connectivity index (χ1) is 9.53. The molecule has 1 atom stereocenters. The van der Waals surface area contributed by atoms with Crippen LogP contribution in [-0.4, -0.2) is 21.4 Å². The Bertz CT molecular complexity index is 606. The maximum absolute atomic E-state index is 12.0. The van der Waals surface area contributed by atoms with E-state index in [2.05, 4.69) is 16.1 Å². The minimum Gasteiger partial charge on any atom is -0.326 e. The van der Waals surface area contributed by atoms with Gasteiger partial charge in [-0.2, -0.15) is 0 Å². The molecule has 1 amide bonds. The van der Waals surface area contributed by atoms with Crippen molar-refractivity contribution in [2.24, 2.45) is 5.92 Å². The minimum atomic E-state index is -3.44. The zero-order valence-electron chi connectivity index (χ0n) is 11.3. The normalized spacial score (nSPS) is 18.8. The van der Waals surface area contributed by atoms with E-state index in [1.165, 1.54) is 19.2 Å². The number of allylic oxidation sites excluding steroid dienone is 2. The van der Waals surface area contributed by atoms with Crippen LogP contribution in [0.1, 0.15) is 19.3 Å². The van der Waals surface area contributed by atoms with Crippen molar-refractivity contribution in [3.05, 3.63) is 36.4 Å². The quantitative estimate of drug-likeness (QED) is 0.833. The van der Waals surface area contributed by atoms with E-state index in [-0.39, 0.29) is 16.7 Å². The summed E-state index contributed by atoms with van der Waals surface area (Å²) in [5.74, 6) is -0.0145. The Kier molecular flexibility index (Phi) is 4.57. The minimum absolute atomic E-state index is 0.000664. The molecule has 1 aromatic carbocycles. The molecule has 0 aliphatic heterocycles. The van der Waals surface area contributed by atoms with E-state index in [4.69, 9.17) is 0 Å². The fourth-order valence-corrected chi connectivity index (χ4v) is 2.84. The van der Waals surface area contributed by atoms with E-state index in [1.54, 1.807) is 12.1 Å². The molecule has 5 nitrogen and oxygen atoms in total. The molecule has 0 radical (unpaired) electrons. The molecular weight excluding hydrogens is 276 g/mol. The van der Waals surface area contributed by atoms with Crippen LogP contribution in [0.4, 0.5) is 5.69 Å². The molecule has 0 fully saturated rings. The standard InChI is InChI=1S/C14H18N2O3S/c1-15-20(18,19)13-9-7-12(8-10-13)16-14(17)11-5-3-2-4-6-11/h2-3,7-11,15H,4-6H2,1H3,(H,16,17)/t11-/m1/s1. The van der Waals surface area contributed by atoms with Crippen molar-refractivity contribution in [2.75, 3.05) is 12.4 Å². The predicted molar refractivity (Wildman–Crippen MR) is 77.8 cm³/mol. The molecule has 0 unspecified atom stereocenters. The highest BCUT2D eigenvalue weighted by Gasteiger charge is 2.19. The summed E-state index contributed by atoms with van der Waals surface area (Å²) in [6, 6.07) is 6.14. The van der Waals surface area contributed by atoms with Crippen molar-refractivity contribution in [1.29, 1.82) is 0 Å². The Hall–Kier alpha value is -1.66. The molecule has 0 heterocycles. The molecule has 108 valence electrons. The van der Waals surface area contributed by atoms with Gasteiger partial charge in [0, 0.05) is 11.6 Å². The van der Waals surface area contributed by atoms with E-state index in [9.17, 15) is 13.2 Å². The summed E-state index contributed by atoms with van der Waals surface area (Å²) in [5.41, 5.74) is 0.611. The summed E-state index contributed by atoms with van der Waals surface area (Å²) < 4.78 is 25.4. The summed E-state index contributed by atoms with van der Waals surface area (Å²) in [4.78, 5) is 12.2. The molecule has 1 aliphatic carbocycles. The number of amides is 1. The van der Waals surface area contributed by atoms with Gasteiger partial charge in [0.05, 0.1) is 4.90 Å². The molecule has 0 saturated heterocycles. The maximum atomic E-state index is 12.0. The lowest BCUT2D eigenvalue weighted by Crippen LogP contribution is -2.23. The van der Waals surface area contributed by atoms with Gasteiger partial charge in [0.25, 0.3) is 0 Å². The Balaban J connectivity index is 2.04. The smallest absolute Gasteiger partial charge is 0.240 e. The Morgan fingerprint density at radius 1 is 1.20 bits per heavy atom. The second-order valence-corrected chi connectivity index (χ2v) is 6.59. The molecule has 2 N–H and O–H groups in total. The van der Waals surface area contributed by atoms with Gasteiger partial charge in [-0.1, -0.05) is 12.2 Å². The van der Waals surface area contributed by atoms with Gasteiger partial charge in [-0.05, 0) is 50.6 Å². The van der Waals surface area contributed by atoms with Gasteiger partial charge in [-0.25, -0.2) is 13.1 Å². The Labute approximate surface area is 119 Å². The SMILES string of the molecule is CNS(=O)(=O)c1ccc(NC(=O)[C@@H]2CC=CCC2)cc1. The number of rotatable bonds is 4. The zero-order valence-corrected chi connectivity index (χ0v) is 12.1. The van der Waals surface area contributed by atoms with Crippen LogP contribution < -0.4 is 10.0 Å². The summed E-state index contributed by atoms with van der Waals surface area (Å²) in [7, 11) is -2.07. The lowest BCUT2D eigenvalue weighted by Gasteiger charge is -2.17. The number of benzene rings is 1. The topological polar surface area (TPSA) is 75.3 Å². The fraction of sp³-hybridized carbons (Fsp3) is 0.357. The van der Waals surface area contributed by atoms with E-state index < -0.39 is 10.0 Å². The van der Waals surface area contributed by atoms with E-state index in [0.29, 0.717) is 5.69 Å². The number of carbonyl (C=O) groups excluding carboxylic acids is 1. The van der Waals surface area contributed by atoms with Gasteiger partial charge in [0.15, 0.2) is 0 Å². The summed E-state index contributed by atoms with van der Waals surface area (Å²) in [6.07, 6.45) is 6.65. The lowest BCUT2D eigenvalue weighted by molar-refractivity contribution is -0.120. The van der Waals surface area contributed by atoms with Crippen molar-refractivity contribution >= 4 is 21.6 Å². The number of anilines is 1. The first-order valence-corrected chi connectivity index (χ1v) is 8.01. The number of nitrogens with one attached hydrogen (secondary N) is 2. The molecule has 1 aliphatic rings. The molecule has 20 heavy (non-hydrogen) atoms. The molecule has 2 rings (SSSR count). The second-order valence-electron chi connectivity index (χ2n) is 4.70. The van der Waals surface area contributed by atoms with Crippen LogP contribution in [0, 0.1) is 5.92 Å². The molecule has 0 bridgehead atoms. The van der Waals surface area contributed by atoms with Gasteiger partial charge in [0.2, 0.25) is 15.9 Å². The van der Waals surface area contributed by atoms with Gasteiger partial charge in [0.1, 0.15) is 0 Å². The predicted octanol–water partition coefficient (Wildman–Crippen LogP) is 1.89. The van der Waals surface area contributed by atoms with E-state index >= 15 is 0 Å². The van der Waals surface area contributed by atoms with Crippen LogP contribution >= 0.6 is 0 Å². The van der Waals surface area contributed by atoms with Gasteiger partial charge >= 0.3 is 0 Å². The van der Waals surface area contributed by atoms with E-state index in [1.807, 2.05) is 6.08 Å². The number of carbonyl (C=O) groups is 1. The Morgan fingerprint density at radius 3 is 2.45 bits per heavy atom. The number of hydrogen-bond acceptors (Lipinski definition) is 3. The maximum Gasteiger partial charge on any atom is 0.240 e. The zero-order chi connectivity index (χ0) is 14.6. The fourth-order valence-electron chi connectivity index (χ4n) is 2.11. The third kappa shape index (κ3) is 3.46. The number of hydrogen-bond donors (Lipinski definition) is 2. The van der Waals surface area contributed by atoms with Crippen molar-refractivity contribution in [2.45, 2.75) is 24.2 Å². The first-order valence-electron chi connectivity index (χ1n) is 6.52. The van der Waals surface area contributed by atoms with Crippen molar-refractivity contribution < 1.29 is 13.2 Å². The van der Waals surface area contributed by atoms with Crippen LogP contribution in [0.25, 0.3) is 0 Å². The van der Waals surface area contributed by atoms with Crippen LogP contribution in [0.15, 0.2) is 41.3 Å². The third-order valence-electron chi connectivity index (χ3n) is 3.34. The third-order valence-corrected chi connectivity index (χ3v) is 4.77. The van der Waals surface area contributed by atoms with Gasteiger partial charge in [-0.15, -0.1) is 0 Å². The van der Waals surface area contributed by atoms with Gasteiger partial charge < -0.3 is 5.32 Å². The average molecular weight is 294 g/mol. The molecule has 1 aromatic rings. The van der Waals surface area contributed by atoms with Crippen molar-refractivity contribution in [3.63, 3.8) is 0 Å². The lowest BCUT2D eigenvalue weighted by atomic mass is 9.93. The summed E-state index contributed by atoms with van der Waals surface area (Å²) in [6.45, 7) is 0. The average Bonchev–Trinajstić information content (AvgIpc) is 2.48. The molecule has 6 heteroatoms. The molecular formula is C14H18N2O3S.